The van der Waals surface area contributed by atoms with Gasteiger partial charge in [-0.3, -0.25) is 9.59 Å². The quantitative estimate of drug-likeness (QED) is 0.647. The van der Waals surface area contributed by atoms with Gasteiger partial charge < -0.3 is 10.2 Å². The molecule has 2 amide bonds. The molecule has 152 valence electrons. The molecule has 0 bridgehead atoms. The van der Waals surface area contributed by atoms with Crippen LogP contribution in [0.5, 0.6) is 0 Å². The van der Waals surface area contributed by atoms with Crippen LogP contribution in [0.25, 0.3) is 0 Å². The van der Waals surface area contributed by atoms with E-state index in [1.165, 1.54) is 11.1 Å². The van der Waals surface area contributed by atoms with Gasteiger partial charge >= 0.3 is 0 Å². The van der Waals surface area contributed by atoms with Gasteiger partial charge in [0.1, 0.15) is 0 Å². The number of benzene rings is 3. The summed E-state index contributed by atoms with van der Waals surface area (Å²) in [6, 6.07) is 24.3. The Bertz CT molecular complexity index is 1050. The van der Waals surface area contributed by atoms with Crippen molar-refractivity contribution in [2.45, 2.75) is 25.4 Å². The van der Waals surface area contributed by atoms with Crippen molar-refractivity contribution in [3.8, 4) is 0 Å². The maximum atomic E-state index is 13.1. The van der Waals surface area contributed by atoms with E-state index in [-0.39, 0.29) is 18.2 Å². The Hall–Kier alpha value is -3.11. The van der Waals surface area contributed by atoms with Gasteiger partial charge in [-0.05, 0) is 35.2 Å². The van der Waals surface area contributed by atoms with Crippen LogP contribution in [0.2, 0.25) is 5.02 Å². The summed E-state index contributed by atoms with van der Waals surface area (Å²) in [5.74, 6) is -0.260. The summed E-state index contributed by atoms with van der Waals surface area (Å²) in [4.78, 5) is 27.9. The Labute approximate surface area is 181 Å². The number of nitrogens with zero attached hydrogens (tertiary/aromatic N) is 1. The van der Waals surface area contributed by atoms with E-state index in [1.807, 2.05) is 47.4 Å². The van der Waals surface area contributed by atoms with Crippen molar-refractivity contribution in [1.29, 1.82) is 0 Å². The van der Waals surface area contributed by atoms with Gasteiger partial charge in [-0.2, -0.15) is 0 Å². The molecule has 30 heavy (non-hydrogen) atoms. The highest BCUT2D eigenvalue weighted by molar-refractivity contribution is 6.33. The smallest absolute Gasteiger partial charge is 0.253 e. The molecule has 0 aromatic heterocycles. The largest absolute Gasteiger partial charge is 0.345 e. The molecular weight excluding hydrogens is 396 g/mol. The first-order valence-electron chi connectivity index (χ1n) is 10.1. The van der Waals surface area contributed by atoms with Crippen LogP contribution in [0.15, 0.2) is 78.9 Å². The minimum atomic E-state index is -0.431. The minimum absolute atomic E-state index is 0.0258. The first-order valence-corrected chi connectivity index (χ1v) is 10.4. The molecule has 1 aliphatic heterocycles. The zero-order valence-electron chi connectivity index (χ0n) is 16.6. The standard InChI is InChI=1S/C25H23ClN2O2/c26-22-13-7-6-12-21(22)25(30)27-23(19-9-2-1-3-10-19)16-24(29)28-15-14-18-8-4-5-11-20(18)17-28/h1-13,23H,14-17H2,(H,27,30)/t23-/m1/s1. The van der Waals surface area contributed by atoms with Crippen LogP contribution in [0.3, 0.4) is 0 Å². The molecule has 4 rings (SSSR count). The Balaban J connectivity index is 1.51. The highest BCUT2D eigenvalue weighted by Crippen LogP contribution is 2.24. The number of amides is 2. The fourth-order valence-corrected chi connectivity index (χ4v) is 4.05. The van der Waals surface area contributed by atoms with E-state index in [1.54, 1.807) is 24.3 Å². The number of carbonyl (C=O) groups is 2. The SMILES string of the molecule is O=C(N[C@H](CC(=O)N1CCc2ccccc2C1)c1ccccc1)c1ccccc1Cl. The molecule has 0 radical (unpaired) electrons. The fourth-order valence-electron chi connectivity index (χ4n) is 3.83. The van der Waals surface area contributed by atoms with Crippen LogP contribution < -0.4 is 5.32 Å². The van der Waals surface area contributed by atoms with Crippen molar-refractivity contribution in [2.24, 2.45) is 0 Å². The summed E-state index contributed by atoms with van der Waals surface area (Å²) >= 11 is 6.19. The molecule has 1 heterocycles. The molecular formula is C25H23ClN2O2. The Morgan fingerprint density at radius 3 is 2.33 bits per heavy atom. The van der Waals surface area contributed by atoms with Gasteiger partial charge in [0, 0.05) is 13.1 Å². The molecule has 0 aliphatic carbocycles. The van der Waals surface area contributed by atoms with Crippen LogP contribution >= 0.6 is 11.6 Å². The molecule has 3 aromatic carbocycles. The summed E-state index contributed by atoms with van der Waals surface area (Å²) in [6.45, 7) is 1.30. The third-order valence-electron chi connectivity index (χ3n) is 5.49. The zero-order valence-corrected chi connectivity index (χ0v) is 17.3. The van der Waals surface area contributed by atoms with Gasteiger partial charge in [0.25, 0.3) is 5.91 Å². The second-order valence-electron chi connectivity index (χ2n) is 7.45. The van der Waals surface area contributed by atoms with Gasteiger partial charge in [-0.25, -0.2) is 0 Å². The normalized spacial score (nSPS) is 14.0. The van der Waals surface area contributed by atoms with Crippen LogP contribution in [0.1, 0.15) is 39.5 Å². The van der Waals surface area contributed by atoms with E-state index < -0.39 is 6.04 Å². The van der Waals surface area contributed by atoms with E-state index in [9.17, 15) is 9.59 Å². The number of rotatable bonds is 5. The molecule has 0 spiro atoms. The molecule has 5 heteroatoms. The predicted molar refractivity (Wildman–Crippen MR) is 118 cm³/mol. The maximum absolute atomic E-state index is 13.1. The van der Waals surface area contributed by atoms with Gasteiger partial charge in [-0.1, -0.05) is 78.3 Å². The van der Waals surface area contributed by atoms with Crippen molar-refractivity contribution >= 4 is 23.4 Å². The average molecular weight is 419 g/mol. The van der Waals surface area contributed by atoms with E-state index in [0.29, 0.717) is 23.7 Å². The summed E-state index contributed by atoms with van der Waals surface area (Å²) in [5.41, 5.74) is 3.78. The number of hydrogen-bond acceptors (Lipinski definition) is 2. The number of fused-ring (bicyclic) bond motifs is 1. The van der Waals surface area contributed by atoms with Crippen molar-refractivity contribution < 1.29 is 9.59 Å². The van der Waals surface area contributed by atoms with E-state index >= 15 is 0 Å². The number of hydrogen-bond donors (Lipinski definition) is 1. The molecule has 1 N–H and O–H groups in total. The molecule has 0 saturated heterocycles. The number of halogens is 1. The highest BCUT2D eigenvalue weighted by atomic mass is 35.5. The lowest BCUT2D eigenvalue weighted by atomic mass is 9.98. The molecule has 0 fully saturated rings. The lowest BCUT2D eigenvalue weighted by Gasteiger charge is -2.30. The number of carbonyl (C=O) groups excluding carboxylic acids is 2. The van der Waals surface area contributed by atoms with Crippen molar-refractivity contribution in [3.05, 3.63) is 106 Å². The van der Waals surface area contributed by atoms with Crippen molar-refractivity contribution in [1.82, 2.24) is 10.2 Å². The second kappa shape index (κ2) is 9.14. The molecule has 4 nitrogen and oxygen atoms in total. The van der Waals surface area contributed by atoms with Crippen LogP contribution in [-0.4, -0.2) is 23.3 Å². The summed E-state index contributed by atoms with van der Waals surface area (Å²) < 4.78 is 0. The average Bonchev–Trinajstić information content (AvgIpc) is 2.79. The van der Waals surface area contributed by atoms with Gasteiger partial charge in [-0.15, -0.1) is 0 Å². The molecule has 0 saturated carbocycles. The molecule has 1 atom stereocenters. The third-order valence-corrected chi connectivity index (χ3v) is 5.82. The van der Waals surface area contributed by atoms with Gasteiger partial charge in [0.15, 0.2) is 0 Å². The van der Waals surface area contributed by atoms with E-state index in [0.717, 1.165) is 12.0 Å². The summed E-state index contributed by atoms with van der Waals surface area (Å²) in [7, 11) is 0. The van der Waals surface area contributed by atoms with Crippen molar-refractivity contribution in [2.75, 3.05) is 6.54 Å². The Kier molecular flexibility index (Phi) is 6.15. The van der Waals surface area contributed by atoms with Crippen molar-refractivity contribution in [3.63, 3.8) is 0 Å². The number of nitrogens with one attached hydrogen (secondary N) is 1. The third kappa shape index (κ3) is 4.55. The first kappa shape index (κ1) is 20.2. The summed E-state index contributed by atoms with van der Waals surface area (Å²) in [6.07, 6.45) is 1.05. The van der Waals surface area contributed by atoms with Crippen LogP contribution in [0, 0.1) is 0 Å². The monoisotopic (exact) mass is 418 g/mol. The highest BCUT2D eigenvalue weighted by Gasteiger charge is 2.25. The molecule has 3 aromatic rings. The van der Waals surface area contributed by atoms with E-state index in [2.05, 4.69) is 17.4 Å². The first-order chi connectivity index (χ1) is 14.6. The fraction of sp³-hybridized carbons (Fsp3) is 0.200. The van der Waals surface area contributed by atoms with Crippen LogP contribution in [0.4, 0.5) is 0 Å². The van der Waals surface area contributed by atoms with E-state index in [4.69, 9.17) is 11.6 Å². The van der Waals surface area contributed by atoms with Gasteiger partial charge in [0.05, 0.1) is 23.0 Å². The lowest BCUT2D eigenvalue weighted by Crippen LogP contribution is -2.39. The predicted octanol–water partition coefficient (Wildman–Crippen LogP) is 4.79. The molecule has 1 aliphatic rings. The molecule has 0 unspecified atom stereocenters. The Morgan fingerprint density at radius 2 is 1.57 bits per heavy atom. The maximum Gasteiger partial charge on any atom is 0.253 e. The lowest BCUT2D eigenvalue weighted by molar-refractivity contribution is -0.132. The zero-order chi connectivity index (χ0) is 20.9. The topological polar surface area (TPSA) is 49.4 Å². The van der Waals surface area contributed by atoms with Crippen LogP contribution in [-0.2, 0) is 17.8 Å². The summed E-state index contributed by atoms with van der Waals surface area (Å²) in [5, 5.41) is 3.40. The Morgan fingerprint density at radius 1 is 0.900 bits per heavy atom. The minimum Gasteiger partial charge on any atom is -0.345 e. The second-order valence-corrected chi connectivity index (χ2v) is 7.86. The van der Waals surface area contributed by atoms with Gasteiger partial charge in [0.2, 0.25) is 5.91 Å².